The molecular weight excluding hydrogens is 336 g/mol. The number of anilines is 2. The first kappa shape index (κ1) is 16.1. The number of rotatable bonds is 4. The van der Waals surface area contributed by atoms with Crippen LogP contribution in [-0.4, -0.2) is 25.5 Å². The summed E-state index contributed by atoms with van der Waals surface area (Å²) in [6, 6.07) is 7.45. The molecule has 1 fully saturated rings. The first-order chi connectivity index (χ1) is 12.2. The van der Waals surface area contributed by atoms with E-state index in [2.05, 4.69) is 5.32 Å². The minimum absolute atomic E-state index is 0.0912. The molecule has 1 saturated heterocycles. The van der Waals surface area contributed by atoms with Crippen LogP contribution in [-0.2, 0) is 17.6 Å². The van der Waals surface area contributed by atoms with Gasteiger partial charge in [-0.05, 0) is 49.4 Å². The molecule has 1 aromatic heterocycles. The number of nitrogens with one attached hydrogen (secondary N) is 1. The Labute approximate surface area is 150 Å². The number of methoxy groups -OCH3 is 1. The van der Waals surface area contributed by atoms with E-state index in [1.165, 1.54) is 16.9 Å². The van der Waals surface area contributed by atoms with E-state index < -0.39 is 0 Å². The zero-order valence-corrected chi connectivity index (χ0v) is 14.9. The SMILES string of the molecule is COc1cc(NC(=O)c2cc3c(s2)CCC3)ccc1N1CCCC1=O. The highest BCUT2D eigenvalue weighted by atomic mass is 32.1. The fraction of sp³-hybridized carbons (Fsp3) is 0.368. The number of nitrogens with zero attached hydrogens (tertiary/aromatic N) is 1. The van der Waals surface area contributed by atoms with E-state index in [0.29, 0.717) is 24.4 Å². The van der Waals surface area contributed by atoms with Gasteiger partial charge in [0.2, 0.25) is 5.91 Å². The summed E-state index contributed by atoms with van der Waals surface area (Å²) in [5, 5.41) is 2.94. The predicted molar refractivity (Wildman–Crippen MR) is 98.9 cm³/mol. The molecule has 0 unspecified atom stereocenters. The second-order valence-electron chi connectivity index (χ2n) is 6.40. The lowest BCUT2D eigenvalue weighted by Gasteiger charge is -2.19. The van der Waals surface area contributed by atoms with Gasteiger partial charge in [0.05, 0.1) is 17.7 Å². The van der Waals surface area contributed by atoms with E-state index in [9.17, 15) is 9.59 Å². The Morgan fingerprint density at radius 1 is 1.20 bits per heavy atom. The maximum absolute atomic E-state index is 12.5. The Bertz CT molecular complexity index is 822. The first-order valence-electron chi connectivity index (χ1n) is 8.57. The number of amides is 2. The lowest BCUT2D eigenvalue weighted by atomic mass is 10.2. The molecule has 5 nitrogen and oxygen atoms in total. The lowest BCUT2D eigenvalue weighted by molar-refractivity contribution is -0.117. The minimum Gasteiger partial charge on any atom is -0.494 e. The molecule has 0 saturated carbocycles. The number of ether oxygens (including phenoxy) is 1. The number of aryl methyl sites for hydroxylation is 2. The van der Waals surface area contributed by atoms with Crippen LogP contribution in [0.15, 0.2) is 24.3 Å². The molecule has 1 aliphatic heterocycles. The molecule has 0 spiro atoms. The lowest BCUT2D eigenvalue weighted by Crippen LogP contribution is -2.24. The van der Waals surface area contributed by atoms with Gasteiger partial charge >= 0.3 is 0 Å². The summed E-state index contributed by atoms with van der Waals surface area (Å²) in [6.45, 7) is 0.710. The fourth-order valence-corrected chi connectivity index (χ4v) is 4.66. The van der Waals surface area contributed by atoms with E-state index in [1.807, 2.05) is 18.2 Å². The molecule has 0 bridgehead atoms. The van der Waals surface area contributed by atoms with Crippen LogP contribution in [0.5, 0.6) is 5.75 Å². The van der Waals surface area contributed by atoms with Gasteiger partial charge in [-0.15, -0.1) is 11.3 Å². The zero-order chi connectivity index (χ0) is 17.4. The summed E-state index contributed by atoms with van der Waals surface area (Å²) in [5.41, 5.74) is 2.75. The molecule has 1 aliphatic carbocycles. The van der Waals surface area contributed by atoms with E-state index in [4.69, 9.17) is 4.74 Å². The number of hydrogen-bond donors (Lipinski definition) is 1. The number of thiophene rings is 1. The van der Waals surface area contributed by atoms with Crippen molar-refractivity contribution in [3.63, 3.8) is 0 Å². The van der Waals surface area contributed by atoms with Crippen molar-refractivity contribution in [2.45, 2.75) is 32.1 Å². The van der Waals surface area contributed by atoms with Crippen LogP contribution in [0.25, 0.3) is 0 Å². The molecule has 2 aliphatic rings. The van der Waals surface area contributed by atoms with Gasteiger partial charge in [-0.3, -0.25) is 9.59 Å². The Morgan fingerprint density at radius 3 is 2.80 bits per heavy atom. The number of benzene rings is 1. The van der Waals surface area contributed by atoms with E-state index in [1.54, 1.807) is 29.4 Å². The third-order valence-corrected chi connectivity index (χ3v) is 6.01. The van der Waals surface area contributed by atoms with Gasteiger partial charge in [0.25, 0.3) is 5.91 Å². The van der Waals surface area contributed by atoms with Crippen LogP contribution < -0.4 is 15.0 Å². The average molecular weight is 356 g/mol. The molecule has 4 rings (SSSR count). The quantitative estimate of drug-likeness (QED) is 0.910. The van der Waals surface area contributed by atoms with Crippen LogP contribution in [0, 0.1) is 0 Å². The summed E-state index contributed by atoms with van der Waals surface area (Å²) in [5.74, 6) is 0.622. The summed E-state index contributed by atoms with van der Waals surface area (Å²) in [4.78, 5) is 28.3. The molecule has 2 aromatic rings. The fourth-order valence-electron chi connectivity index (χ4n) is 3.51. The summed E-state index contributed by atoms with van der Waals surface area (Å²) in [7, 11) is 1.58. The van der Waals surface area contributed by atoms with Gasteiger partial charge in [-0.2, -0.15) is 0 Å². The van der Waals surface area contributed by atoms with Crippen molar-refractivity contribution in [3.8, 4) is 5.75 Å². The van der Waals surface area contributed by atoms with Crippen molar-refractivity contribution < 1.29 is 14.3 Å². The maximum Gasteiger partial charge on any atom is 0.265 e. The second kappa shape index (κ2) is 6.52. The van der Waals surface area contributed by atoms with Crippen molar-refractivity contribution >= 4 is 34.5 Å². The van der Waals surface area contributed by atoms with Crippen molar-refractivity contribution in [2.24, 2.45) is 0 Å². The van der Waals surface area contributed by atoms with Crippen molar-refractivity contribution in [1.29, 1.82) is 0 Å². The topological polar surface area (TPSA) is 58.6 Å². The van der Waals surface area contributed by atoms with Crippen LogP contribution in [0.3, 0.4) is 0 Å². The smallest absolute Gasteiger partial charge is 0.265 e. The number of hydrogen-bond acceptors (Lipinski definition) is 4. The minimum atomic E-state index is -0.0912. The highest BCUT2D eigenvalue weighted by Crippen LogP contribution is 2.35. The van der Waals surface area contributed by atoms with E-state index in [0.717, 1.165) is 29.8 Å². The Hall–Kier alpha value is -2.34. The summed E-state index contributed by atoms with van der Waals surface area (Å²) in [6.07, 6.45) is 4.79. The monoisotopic (exact) mass is 356 g/mol. The molecule has 0 radical (unpaired) electrons. The van der Waals surface area contributed by atoms with Gasteiger partial charge < -0.3 is 15.0 Å². The summed E-state index contributed by atoms with van der Waals surface area (Å²) >= 11 is 1.59. The molecule has 0 atom stereocenters. The largest absolute Gasteiger partial charge is 0.494 e. The van der Waals surface area contributed by atoms with Gasteiger partial charge in [-0.25, -0.2) is 0 Å². The van der Waals surface area contributed by atoms with E-state index >= 15 is 0 Å². The first-order valence-corrected chi connectivity index (χ1v) is 9.38. The Balaban J connectivity index is 1.54. The van der Waals surface area contributed by atoms with Gasteiger partial charge in [0.15, 0.2) is 0 Å². The highest BCUT2D eigenvalue weighted by molar-refractivity contribution is 7.14. The van der Waals surface area contributed by atoms with Crippen molar-refractivity contribution in [1.82, 2.24) is 0 Å². The number of carbonyl (C=O) groups excluding carboxylic acids is 2. The molecule has 1 aromatic carbocycles. The van der Waals surface area contributed by atoms with Crippen LogP contribution >= 0.6 is 11.3 Å². The number of fused-ring (bicyclic) bond motifs is 1. The molecule has 25 heavy (non-hydrogen) atoms. The van der Waals surface area contributed by atoms with E-state index in [-0.39, 0.29) is 11.8 Å². The van der Waals surface area contributed by atoms with Crippen LogP contribution in [0.4, 0.5) is 11.4 Å². The van der Waals surface area contributed by atoms with Crippen LogP contribution in [0.2, 0.25) is 0 Å². The predicted octanol–water partition coefficient (Wildman–Crippen LogP) is 3.62. The molecule has 2 amide bonds. The van der Waals surface area contributed by atoms with Gasteiger partial charge in [0, 0.05) is 29.6 Å². The molecular formula is C19H20N2O3S. The van der Waals surface area contributed by atoms with Gasteiger partial charge in [-0.1, -0.05) is 0 Å². The van der Waals surface area contributed by atoms with Crippen molar-refractivity contribution in [2.75, 3.05) is 23.9 Å². The Morgan fingerprint density at radius 2 is 2.08 bits per heavy atom. The maximum atomic E-state index is 12.5. The molecule has 130 valence electrons. The standard InChI is InChI=1S/C19H20N2O3S/c1-24-15-11-13(7-8-14(15)21-9-3-6-18(21)22)20-19(23)17-10-12-4-2-5-16(12)25-17/h7-8,10-11H,2-6,9H2,1H3,(H,20,23). The van der Waals surface area contributed by atoms with Crippen LogP contribution in [0.1, 0.15) is 39.4 Å². The highest BCUT2D eigenvalue weighted by Gasteiger charge is 2.25. The Kier molecular flexibility index (Phi) is 4.21. The summed E-state index contributed by atoms with van der Waals surface area (Å²) < 4.78 is 5.44. The third-order valence-electron chi connectivity index (χ3n) is 4.77. The zero-order valence-electron chi connectivity index (χ0n) is 14.1. The third kappa shape index (κ3) is 3.02. The van der Waals surface area contributed by atoms with Gasteiger partial charge in [0.1, 0.15) is 5.75 Å². The molecule has 1 N–H and O–H groups in total. The number of carbonyl (C=O) groups is 2. The molecule has 6 heteroatoms. The normalized spacial score (nSPS) is 16.2. The molecule has 2 heterocycles. The van der Waals surface area contributed by atoms with Crippen molar-refractivity contribution in [3.05, 3.63) is 39.6 Å². The average Bonchev–Trinajstić information content (AvgIpc) is 3.30. The second-order valence-corrected chi connectivity index (χ2v) is 7.54.